The monoisotopic (exact) mass is 339 g/mol. The predicted octanol–water partition coefficient (Wildman–Crippen LogP) is 2.00. The van der Waals surface area contributed by atoms with Crippen molar-refractivity contribution in [2.45, 2.75) is 38.4 Å². The van der Waals surface area contributed by atoms with Gasteiger partial charge in [-0.15, -0.1) is 0 Å². The van der Waals surface area contributed by atoms with E-state index in [1.807, 2.05) is 0 Å². The van der Waals surface area contributed by atoms with Gasteiger partial charge in [-0.3, -0.25) is 14.5 Å². The summed E-state index contributed by atoms with van der Waals surface area (Å²) in [4.78, 5) is 19.5. The van der Waals surface area contributed by atoms with Gasteiger partial charge in [-0.25, -0.2) is 4.98 Å². The van der Waals surface area contributed by atoms with Crippen LogP contribution in [0.2, 0.25) is 0 Å². The summed E-state index contributed by atoms with van der Waals surface area (Å²) in [5, 5.41) is 6.36. The zero-order chi connectivity index (χ0) is 17.2. The van der Waals surface area contributed by atoms with Gasteiger partial charge in [0.15, 0.2) is 5.69 Å². The van der Waals surface area contributed by atoms with E-state index in [-0.39, 0.29) is 18.8 Å². The molecule has 2 aromatic heterocycles. The summed E-state index contributed by atoms with van der Waals surface area (Å²) >= 11 is 0. The van der Waals surface area contributed by atoms with Crippen LogP contribution >= 0.6 is 0 Å². The third kappa shape index (κ3) is 3.39. The van der Waals surface area contributed by atoms with Gasteiger partial charge in [0.25, 0.3) is 5.91 Å². The van der Waals surface area contributed by atoms with E-state index in [1.54, 1.807) is 0 Å². The Morgan fingerprint density at radius 2 is 2.04 bits per heavy atom. The lowest BCUT2D eigenvalue weighted by atomic mass is 9.95. The number of halogens is 3. The van der Waals surface area contributed by atoms with Crippen molar-refractivity contribution in [2.75, 3.05) is 6.54 Å². The fourth-order valence-corrected chi connectivity index (χ4v) is 2.87. The largest absolute Gasteiger partial charge is 0.435 e. The van der Waals surface area contributed by atoms with Crippen molar-refractivity contribution in [2.24, 2.45) is 0 Å². The van der Waals surface area contributed by atoms with Crippen LogP contribution in [0.5, 0.6) is 0 Å². The summed E-state index contributed by atoms with van der Waals surface area (Å²) in [7, 11) is 0. The Labute approximate surface area is 136 Å². The molecule has 1 aliphatic carbocycles. The molecule has 2 aromatic rings. The lowest BCUT2D eigenvalue weighted by Gasteiger charge is -2.14. The summed E-state index contributed by atoms with van der Waals surface area (Å²) in [6.45, 7) is 0.352. The predicted molar refractivity (Wildman–Crippen MR) is 78.2 cm³/mol. The van der Waals surface area contributed by atoms with Crippen molar-refractivity contribution in [3.63, 3.8) is 0 Å². The average Bonchev–Trinajstić information content (AvgIpc) is 2.95. The molecule has 0 atom stereocenters. The number of nitrogens with one attached hydrogen (secondary N) is 1. The van der Waals surface area contributed by atoms with Gasteiger partial charge in [0, 0.05) is 30.2 Å². The van der Waals surface area contributed by atoms with Crippen LogP contribution < -0.4 is 5.32 Å². The molecule has 9 heteroatoms. The van der Waals surface area contributed by atoms with Crippen molar-refractivity contribution in [1.29, 1.82) is 0 Å². The third-order valence-electron chi connectivity index (χ3n) is 3.93. The Balaban J connectivity index is 1.69. The molecular formula is C15H16F3N5O. The van der Waals surface area contributed by atoms with Crippen LogP contribution in [-0.4, -0.2) is 32.2 Å². The number of hydrogen-bond donors (Lipinski definition) is 1. The topological polar surface area (TPSA) is 72.7 Å². The molecular weight excluding hydrogens is 323 g/mol. The molecule has 3 rings (SSSR count). The van der Waals surface area contributed by atoms with Crippen LogP contribution in [0.4, 0.5) is 13.2 Å². The Kier molecular flexibility index (Phi) is 4.50. The minimum atomic E-state index is -4.45. The van der Waals surface area contributed by atoms with Gasteiger partial charge >= 0.3 is 6.18 Å². The maximum Gasteiger partial charge on any atom is 0.435 e. The quantitative estimate of drug-likeness (QED) is 0.925. The van der Waals surface area contributed by atoms with E-state index < -0.39 is 17.8 Å². The van der Waals surface area contributed by atoms with Gasteiger partial charge in [-0.1, -0.05) is 0 Å². The molecule has 128 valence electrons. The standard InChI is InChI=1S/C15H16F3N5O/c16-15(17,18)13-10-3-1-2-4-12(10)23(22-13)8-7-21-14(24)11-9-19-5-6-20-11/h5-6,9H,1-4,7-8H2,(H,21,24). The number of hydrogen-bond acceptors (Lipinski definition) is 4. The van der Waals surface area contributed by atoms with Crippen LogP contribution in [0, 0.1) is 0 Å². The summed E-state index contributed by atoms with van der Waals surface area (Å²) < 4.78 is 40.7. The van der Waals surface area contributed by atoms with Gasteiger partial charge in [0.1, 0.15) is 5.69 Å². The Morgan fingerprint density at radius 1 is 1.25 bits per heavy atom. The second kappa shape index (κ2) is 6.58. The molecule has 1 aliphatic rings. The summed E-state index contributed by atoms with van der Waals surface area (Å²) in [6.07, 6.45) is 2.29. The first-order valence-corrected chi connectivity index (χ1v) is 7.67. The van der Waals surface area contributed by atoms with Gasteiger partial charge in [-0.2, -0.15) is 18.3 Å². The van der Waals surface area contributed by atoms with E-state index in [9.17, 15) is 18.0 Å². The van der Waals surface area contributed by atoms with Crippen LogP contribution in [0.25, 0.3) is 0 Å². The Bertz CT molecular complexity index is 727. The second-order valence-electron chi connectivity index (χ2n) is 5.55. The number of rotatable bonds is 4. The zero-order valence-electron chi connectivity index (χ0n) is 12.8. The highest BCUT2D eigenvalue weighted by molar-refractivity contribution is 5.91. The summed E-state index contributed by atoms with van der Waals surface area (Å²) in [5.74, 6) is -0.417. The van der Waals surface area contributed by atoms with Gasteiger partial charge in [0.2, 0.25) is 0 Å². The summed E-state index contributed by atoms with van der Waals surface area (Å²) in [5.41, 5.74) is 0.296. The molecule has 6 nitrogen and oxygen atoms in total. The molecule has 0 saturated heterocycles. The molecule has 0 saturated carbocycles. The van der Waals surface area contributed by atoms with Crippen LogP contribution in [0.3, 0.4) is 0 Å². The molecule has 0 spiro atoms. The highest BCUT2D eigenvalue weighted by Gasteiger charge is 2.39. The molecule has 1 amide bonds. The minimum Gasteiger partial charge on any atom is -0.349 e. The number of fused-ring (bicyclic) bond motifs is 1. The maximum absolute atomic E-state index is 13.1. The summed E-state index contributed by atoms with van der Waals surface area (Å²) in [6, 6.07) is 0. The van der Waals surface area contributed by atoms with Crippen LogP contribution in [0.15, 0.2) is 18.6 Å². The van der Waals surface area contributed by atoms with Gasteiger partial charge in [0.05, 0.1) is 12.7 Å². The van der Waals surface area contributed by atoms with Crippen molar-refractivity contribution in [3.05, 3.63) is 41.2 Å². The lowest BCUT2D eigenvalue weighted by Crippen LogP contribution is -2.29. The van der Waals surface area contributed by atoms with Crippen molar-refractivity contribution in [3.8, 4) is 0 Å². The Hall–Kier alpha value is -2.45. The number of alkyl halides is 3. The van der Waals surface area contributed by atoms with Crippen molar-refractivity contribution in [1.82, 2.24) is 25.1 Å². The fraction of sp³-hybridized carbons (Fsp3) is 0.467. The minimum absolute atomic E-state index is 0.163. The average molecular weight is 339 g/mol. The molecule has 0 aromatic carbocycles. The van der Waals surface area contributed by atoms with Crippen molar-refractivity contribution < 1.29 is 18.0 Å². The number of amides is 1. The van der Waals surface area contributed by atoms with E-state index in [0.29, 0.717) is 24.1 Å². The third-order valence-corrected chi connectivity index (χ3v) is 3.93. The van der Waals surface area contributed by atoms with Crippen molar-refractivity contribution >= 4 is 5.91 Å². The molecule has 24 heavy (non-hydrogen) atoms. The number of nitrogens with zero attached hydrogens (tertiary/aromatic N) is 4. The van der Waals surface area contributed by atoms with E-state index in [4.69, 9.17) is 0 Å². The van der Waals surface area contributed by atoms with E-state index in [0.717, 1.165) is 12.8 Å². The van der Waals surface area contributed by atoms with Gasteiger partial charge in [-0.05, 0) is 25.7 Å². The van der Waals surface area contributed by atoms with Crippen LogP contribution in [-0.2, 0) is 25.6 Å². The molecule has 0 unspecified atom stereocenters. The van der Waals surface area contributed by atoms with Crippen LogP contribution in [0.1, 0.15) is 40.3 Å². The zero-order valence-corrected chi connectivity index (χ0v) is 12.8. The fourth-order valence-electron chi connectivity index (χ4n) is 2.87. The second-order valence-corrected chi connectivity index (χ2v) is 5.55. The molecule has 0 aliphatic heterocycles. The van der Waals surface area contributed by atoms with E-state index in [1.165, 1.54) is 23.3 Å². The van der Waals surface area contributed by atoms with Gasteiger partial charge < -0.3 is 5.32 Å². The molecule has 0 fully saturated rings. The highest BCUT2D eigenvalue weighted by atomic mass is 19.4. The molecule has 0 bridgehead atoms. The first kappa shape index (κ1) is 16.4. The first-order valence-electron chi connectivity index (χ1n) is 7.67. The van der Waals surface area contributed by atoms with E-state index in [2.05, 4.69) is 20.4 Å². The van der Waals surface area contributed by atoms with E-state index >= 15 is 0 Å². The lowest BCUT2D eigenvalue weighted by molar-refractivity contribution is -0.142. The smallest absolute Gasteiger partial charge is 0.349 e. The molecule has 1 N–H and O–H groups in total. The molecule has 2 heterocycles. The number of carbonyl (C=O) groups excluding carboxylic acids is 1. The highest BCUT2D eigenvalue weighted by Crippen LogP contribution is 2.35. The SMILES string of the molecule is O=C(NCCn1nc(C(F)(F)F)c2c1CCCC2)c1cnccn1. The maximum atomic E-state index is 13.1. The first-order chi connectivity index (χ1) is 11.5. The molecule has 0 radical (unpaired) electrons. The Morgan fingerprint density at radius 3 is 2.75 bits per heavy atom. The number of aromatic nitrogens is 4. The normalized spacial score (nSPS) is 14.3. The number of carbonyl (C=O) groups is 1.